The molecule has 3 N–H and O–H groups in total. The number of furan rings is 1. The van der Waals surface area contributed by atoms with Gasteiger partial charge in [-0.2, -0.15) is 0 Å². The van der Waals surface area contributed by atoms with Crippen LogP contribution in [-0.4, -0.2) is 38.6 Å². The molecule has 6 atom stereocenters. The molecule has 1 aromatic rings. The second kappa shape index (κ2) is 5.21. The molecule has 6 unspecified atom stereocenters. The molecule has 2 saturated carbocycles. The number of carbonyl (C=O) groups excluding carboxylic acids is 1. The van der Waals surface area contributed by atoms with Gasteiger partial charge in [0.15, 0.2) is 0 Å². The molecule has 2 aliphatic carbocycles. The van der Waals surface area contributed by atoms with E-state index in [4.69, 9.17) is 9.15 Å². The molecule has 0 bridgehead atoms. The van der Waals surface area contributed by atoms with Crippen LogP contribution in [0.5, 0.6) is 0 Å². The zero-order valence-electron chi connectivity index (χ0n) is 15.2. The van der Waals surface area contributed by atoms with Crippen LogP contribution in [0.4, 0.5) is 0 Å². The van der Waals surface area contributed by atoms with Crippen molar-refractivity contribution < 1.29 is 29.3 Å². The Labute approximate surface area is 152 Å². The van der Waals surface area contributed by atoms with Gasteiger partial charge in [-0.3, -0.25) is 4.79 Å². The summed E-state index contributed by atoms with van der Waals surface area (Å²) in [6.07, 6.45) is 3.15. The Morgan fingerprint density at radius 2 is 2.00 bits per heavy atom. The van der Waals surface area contributed by atoms with E-state index >= 15 is 0 Å². The molecule has 3 fully saturated rings. The Balaban J connectivity index is 1.85. The minimum absolute atomic E-state index is 0.201. The van der Waals surface area contributed by atoms with Crippen molar-refractivity contribution in [2.24, 2.45) is 10.8 Å². The van der Waals surface area contributed by atoms with Crippen LogP contribution in [0.1, 0.15) is 57.6 Å². The van der Waals surface area contributed by atoms with E-state index in [1.165, 1.54) is 12.5 Å². The Kier molecular flexibility index (Phi) is 3.56. The van der Waals surface area contributed by atoms with Crippen LogP contribution in [0.2, 0.25) is 0 Å². The lowest BCUT2D eigenvalue weighted by molar-refractivity contribution is -0.287. The summed E-state index contributed by atoms with van der Waals surface area (Å²) in [5.74, 6) is -0.505. The maximum absolute atomic E-state index is 13.1. The molecule has 0 amide bonds. The van der Waals surface area contributed by atoms with Crippen molar-refractivity contribution in [2.45, 2.75) is 69.4 Å². The van der Waals surface area contributed by atoms with Crippen molar-refractivity contribution in [3.8, 4) is 0 Å². The molecule has 1 aliphatic heterocycles. The largest absolute Gasteiger partial charge is 0.472 e. The minimum atomic E-state index is -1.55. The van der Waals surface area contributed by atoms with Crippen molar-refractivity contribution in [1.29, 1.82) is 0 Å². The average molecular weight is 362 g/mol. The van der Waals surface area contributed by atoms with E-state index in [1.54, 1.807) is 19.9 Å². The van der Waals surface area contributed by atoms with Gasteiger partial charge in [0, 0.05) is 17.4 Å². The van der Waals surface area contributed by atoms with Crippen molar-refractivity contribution in [2.75, 3.05) is 0 Å². The fourth-order valence-electron chi connectivity index (χ4n) is 5.64. The molecule has 142 valence electrons. The number of cyclic esters (lactones) is 1. The zero-order chi connectivity index (χ0) is 19.0. The van der Waals surface area contributed by atoms with Crippen molar-refractivity contribution >= 4 is 5.97 Å². The van der Waals surface area contributed by atoms with E-state index in [1.807, 2.05) is 0 Å². The smallest absolute Gasteiger partial charge is 0.319 e. The van der Waals surface area contributed by atoms with Gasteiger partial charge in [0.25, 0.3) is 0 Å². The van der Waals surface area contributed by atoms with Crippen LogP contribution in [0.3, 0.4) is 0 Å². The molecule has 2 heterocycles. The van der Waals surface area contributed by atoms with Crippen molar-refractivity contribution in [3.05, 3.63) is 36.3 Å². The van der Waals surface area contributed by atoms with Gasteiger partial charge in [-0.15, -0.1) is 0 Å². The Morgan fingerprint density at radius 1 is 1.27 bits per heavy atom. The maximum atomic E-state index is 13.1. The summed E-state index contributed by atoms with van der Waals surface area (Å²) in [7, 11) is 0. The standard InChI is InChI=1S/C20H26O6/c1-12-4-7-17(2)18(3,23)15(21)5-8-20(17,24)19(12)10-14(26-16(19)22)13-6-9-25-11-13/h6,9,11,14-15,21,23-24H,1,4-5,7-8,10H2,2-3H3. The molecule has 26 heavy (non-hydrogen) atoms. The molecule has 1 aromatic heterocycles. The van der Waals surface area contributed by atoms with Gasteiger partial charge in [0.2, 0.25) is 0 Å². The minimum Gasteiger partial charge on any atom is -0.472 e. The summed E-state index contributed by atoms with van der Waals surface area (Å²) < 4.78 is 10.8. The lowest BCUT2D eigenvalue weighted by atomic mass is 9.41. The Morgan fingerprint density at radius 3 is 2.65 bits per heavy atom. The first-order valence-corrected chi connectivity index (χ1v) is 9.14. The number of fused-ring (bicyclic) bond motifs is 2. The summed E-state index contributed by atoms with van der Waals surface area (Å²) in [6, 6.07) is 1.74. The van der Waals surface area contributed by atoms with E-state index in [-0.39, 0.29) is 19.3 Å². The molecule has 4 rings (SSSR count). The first kappa shape index (κ1) is 17.8. The van der Waals surface area contributed by atoms with Crippen LogP contribution in [0, 0.1) is 10.8 Å². The molecule has 0 aromatic carbocycles. The van der Waals surface area contributed by atoms with E-state index in [0.29, 0.717) is 18.4 Å². The van der Waals surface area contributed by atoms with Gasteiger partial charge >= 0.3 is 5.97 Å². The third kappa shape index (κ3) is 1.80. The molecule has 6 nitrogen and oxygen atoms in total. The van der Waals surface area contributed by atoms with Crippen LogP contribution in [0.25, 0.3) is 0 Å². The summed E-state index contributed by atoms with van der Waals surface area (Å²) in [4.78, 5) is 13.1. The van der Waals surface area contributed by atoms with Crippen LogP contribution in [-0.2, 0) is 9.53 Å². The van der Waals surface area contributed by atoms with Crippen LogP contribution >= 0.6 is 0 Å². The Hall–Kier alpha value is -1.63. The van der Waals surface area contributed by atoms with Gasteiger partial charge < -0.3 is 24.5 Å². The molecule has 1 saturated heterocycles. The number of hydrogen-bond donors (Lipinski definition) is 3. The molecule has 3 aliphatic rings. The van der Waals surface area contributed by atoms with Crippen LogP contribution in [0.15, 0.2) is 35.2 Å². The first-order chi connectivity index (χ1) is 12.1. The van der Waals surface area contributed by atoms with Gasteiger partial charge in [-0.05, 0) is 38.7 Å². The molecule has 6 heteroatoms. The SMILES string of the molecule is C=C1CCC2(C)C(C)(O)C(O)CCC2(O)C12CC(c1ccoc1)OC2=O. The second-order valence-corrected chi connectivity index (χ2v) is 8.56. The molecule has 1 spiro atoms. The lowest BCUT2D eigenvalue weighted by Crippen LogP contribution is -2.75. The lowest BCUT2D eigenvalue weighted by Gasteiger charge is -2.65. The highest BCUT2D eigenvalue weighted by molar-refractivity contribution is 5.85. The van der Waals surface area contributed by atoms with Crippen molar-refractivity contribution in [1.82, 2.24) is 0 Å². The Bertz CT molecular complexity index is 752. The highest BCUT2D eigenvalue weighted by Gasteiger charge is 2.76. The van der Waals surface area contributed by atoms with Crippen LogP contribution < -0.4 is 0 Å². The highest BCUT2D eigenvalue weighted by Crippen LogP contribution is 2.69. The number of hydrogen-bond acceptors (Lipinski definition) is 6. The maximum Gasteiger partial charge on any atom is 0.319 e. The third-order valence-electron chi connectivity index (χ3n) is 7.70. The summed E-state index contributed by atoms with van der Waals surface area (Å²) in [6.45, 7) is 7.44. The third-order valence-corrected chi connectivity index (χ3v) is 7.70. The zero-order valence-corrected chi connectivity index (χ0v) is 15.2. The number of rotatable bonds is 1. The summed E-state index contributed by atoms with van der Waals surface area (Å²) in [5, 5.41) is 33.5. The number of aliphatic hydroxyl groups is 3. The van der Waals surface area contributed by atoms with E-state index in [2.05, 4.69) is 6.58 Å². The number of aliphatic hydroxyl groups excluding tert-OH is 1. The predicted octanol–water partition coefficient (Wildman–Crippen LogP) is 2.25. The fraction of sp³-hybridized carbons (Fsp3) is 0.650. The number of ether oxygens (including phenoxy) is 1. The average Bonchev–Trinajstić information content (AvgIpc) is 3.22. The molecular weight excluding hydrogens is 336 g/mol. The van der Waals surface area contributed by atoms with E-state index in [0.717, 1.165) is 5.56 Å². The highest BCUT2D eigenvalue weighted by atomic mass is 16.6. The van der Waals surface area contributed by atoms with E-state index < -0.39 is 40.2 Å². The van der Waals surface area contributed by atoms with E-state index in [9.17, 15) is 20.1 Å². The summed E-state index contributed by atoms with van der Waals surface area (Å²) >= 11 is 0. The van der Waals surface area contributed by atoms with Gasteiger partial charge in [0.1, 0.15) is 11.5 Å². The molecule has 0 radical (unpaired) electrons. The quantitative estimate of drug-likeness (QED) is 0.523. The second-order valence-electron chi connectivity index (χ2n) is 8.56. The van der Waals surface area contributed by atoms with Gasteiger partial charge in [-0.1, -0.05) is 19.1 Å². The monoisotopic (exact) mass is 362 g/mol. The fourth-order valence-corrected chi connectivity index (χ4v) is 5.64. The predicted molar refractivity (Wildman–Crippen MR) is 91.9 cm³/mol. The molecular formula is C20H26O6. The first-order valence-electron chi connectivity index (χ1n) is 9.14. The van der Waals surface area contributed by atoms with Gasteiger partial charge in [-0.25, -0.2) is 0 Å². The van der Waals surface area contributed by atoms with Crippen molar-refractivity contribution in [3.63, 3.8) is 0 Å². The summed E-state index contributed by atoms with van der Waals surface area (Å²) in [5.41, 5.74) is -4.06. The number of esters is 1. The topological polar surface area (TPSA) is 100 Å². The number of carbonyl (C=O) groups is 1. The van der Waals surface area contributed by atoms with Gasteiger partial charge in [0.05, 0.1) is 29.8 Å². The normalized spacial score (nSPS) is 48.5.